The number of hydrogen-bond donors (Lipinski definition) is 1. The van der Waals surface area contributed by atoms with Crippen LogP contribution in [-0.4, -0.2) is 47.8 Å². The van der Waals surface area contributed by atoms with Gasteiger partial charge in [-0.05, 0) is 38.0 Å². The van der Waals surface area contributed by atoms with Crippen molar-refractivity contribution in [3.05, 3.63) is 30.1 Å². The van der Waals surface area contributed by atoms with Crippen molar-refractivity contribution in [2.24, 2.45) is 5.73 Å². The van der Waals surface area contributed by atoms with Gasteiger partial charge >= 0.3 is 0 Å². The third kappa shape index (κ3) is 3.77. The molecule has 18 heavy (non-hydrogen) atoms. The van der Waals surface area contributed by atoms with E-state index in [0.29, 0.717) is 6.54 Å². The molecule has 2 rings (SSSR count). The second kappa shape index (κ2) is 5.78. The Kier molecular flexibility index (Phi) is 4.32. The molecule has 0 amide bonds. The fourth-order valence-electron chi connectivity index (χ4n) is 2.55. The molecule has 1 aromatic rings. The first-order chi connectivity index (χ1) is 8.59. The van der Waals surface area contributed by atoms with Gasteiger partial charge in [0.15, 0.2) is 0 Å². The van der Waals surface area contributed by atoms with E-state index in [9.17, 15) is 0 Å². The van der Waals surface area contributed by atoms with Crippen LogP contribution in [0.5, 0.6) is 0 Å². The molecule has 1 unspecified atom stereocenters. The molecule has 4 heteroatoms. The minimum atomic E-state index is -0.0967. The monoisotopic (exact) mass is 249 g/mol. The van der Waals surface area contributed by atoms with E-state index in [1.165, 1.54) is 5.56 Å². The van der Waals surface area contributed by atoms with Gasteiger partial charge in [-0.3, -0.25) is 9.88 Å². The third-order valence-electron chi connectivity index (χ3n) is 3.28. The molecule has 0 spiro atoms. The Balaban J connectivity index is 1.89. The highest BCUT2D eigenvalue weighted by molar-refractivity contribution is 5.10. The summed E-state index contributed by atoms with van der Waals surface area (Å²) in [6.45, 7) is 7.81. The average molecular weight is 249 g/mol. The van der Waals surface area contributed by atoms with Gasteiger partial charge in [-0.15, -0.1) is 0 Å². The van der Waals surface area contributed by atoms with Gasteiger partial charge in [0.1, 0.15) is 0 Å². The molecule has 1 saturated heterocycles. The minimum Gasteiger partial charge on any atom is -0.368 e. The summed E-state index contributed by atoms with van der Waals surface area (Å²) in [5, 5.41) is 0. The Morgan fingerprint density at radius 3 is 2.83 bits per heavy atom. The number of aromatic nitrogens is 1. The summed E-state index contributed by atoms with van der Waals surface area (Å²) in [5.74, 6) is 0. The van der Waals surface area contributed by atoms with Crippen LogP contribution in [0.15, 0.2) is 24.5 Å². The number of nitrogens with zero attached hydrogens (tertiary/aromatic N) is 2. The smallest absolute Gasteiger partial charge is 0.0831 e. The van der Waals surface area contributed by atoms with Crippen LogP contribution in [0.4, 0.5) is 0 Å². The van der Waals surface area contributed by atoms with E-state index in [1.807, 2.05) is 12.4 Å². The van der Waals surface area contributed by atoms with Gasteiger partial charge in [-0.25, -0.2) is 0 Å². The Hall–Kier alpha value is -0.970. The molecule has 2 heterocycles. The second-order valence-electron chi connectivity index (χ2n) is 5.58. The summed E-state index contributed by atoms with van der Waals surface area (Å²) >= 11 is 0. The highest BCUT2D eigenvalue weighted by Gasteiger charge is 2.32. The van der Waals surface area contributed by atoms with Crippen molar-refractivity contribution in [2.75, 3.05) is 26.2 Å². The average Bonchev–Trinajstić information content (AvgIpc) is 2.36. The summed E-state index contributed by atoms with van der Waals surface area (Å²) < 4.78 is 5.93. The van der Waals surface area contributed by atoms with Crippen molar-refractivity contribution in [3.8, 4) is 0 Å². The van der Waals surface area contributed by atoms with Gasteiger partial charge in [-0.2, -0.15) is 0 Å². The first-order valence-corrected chi connectivity index (χ1v) is 6.58. The molecule has 100 valence electrons. The van der Waals surface area contributed by atoms with E-state index in [-0.39, 0.29) is 11.7 Å². The van der Waals surface area contributed by atoms with Gasteiger partial charge < -0.3 is 10.5 Å². The van der Waals surface area contributed by atoms with Crippen molar-refractivity contribution >= 4 is 0 Å². The fourth-order valence-corrected chi connectivity index (χ4v) is 2.55. The molecule has 0 bridgehead atoms. The molecule has 0 saturated carbocycles. The van der Waals surface area contributed by atoms with Gasteiger partial charge in [0.25, 0.3) is 0 Å². The van der Waals surface area contributed by atoms with Gasteiger partial charge in [0.2, 0.25) is 0 Å². The van der Waals surface area contributed by atoms with Crippen LogP contribution in [0.3, 0.4) is 0 Å². The number of nitrogens with two attached hydrogens (primary N) is 1. The Morgan fingerprint density at radius 1 is 1.44 bits per heavy atom. The molecule has 1 fully saturated rings. The molecule has 1 atom stereocenters. The first kappa shape index (κ1) is 13.5. The maximum Gasteiger partial charge on any atom is 0.0831 e. The maximum absolute atomic E-state index is 5.93. The number of morpholine rings is 1. The minimum absolute atomic E-state index is 0.0967. The molecule has 0 aliphatic carbocycles. The predicted molar refractivity (Wildman–Crippen MR) is 72.4 cm³/mol. The molecule has 1 aliphatic heterocycles. The first-order valence-electron chi connectivity index (χ1n) is 6.58. The summed E-state index contributed by atoms with van der Waals surface area (Å²) in [6.07, 6.45) is 4.91. The van der Waals surface area contributed by atoms with Crippen molar-refractivity contribution in [3.63, 3.8) is 0 Å². The number of pyridine rings is 1. The van der Waals surface area contributed by atoms with Gasteiger partial charge in [-0.1, -0.05) is 0 Å². The standard InChI is InChI=1S/C14H23N3O/c1-14(2)11-17(10-13(9-15)18-14)8-5-12-3-6-16-7-4-12/h3-4,6-7,13H,5,8-11,15H2,1-2H3. The third-order valence-corrected chi connectivity index (χ3v) is 3.28. The van der Waals surface area contributed by atoms with Crippen molar-refractivity contribution in [1.82, 2.24) is 9.88 Å². The van der Waals surface area contributed by atoms with Gasteiger partial charge in [0, 0.05) is 38.6 Å². The summed E-state index contributed by atoms with van der Waals surface area (Å²) in [5.41, 5.74) is 6.97. The van der Waals surface area contributed by atoms with Crippen molar-refractivity contribution in [1.29, 1.82) is 0 Å². The quantitative estimate of drug-likeness (QED) is 0.867. The van der Waals surface area contributed by atoms with Crippen LogP contribution in [0.2, 0.25) is 0 Å². The van der Waals surface area contributed by atoms with E-state index < -0.39 is 0 Å². The molecule has 1 aliphatic rings. The molecular formula is C14H23N3O. The lowest BCUT2D eigenvalue weighted by Crippen LogP contribution is -2.55. The Bertz CT molecular complexity index is 367. The Labute approximate surface area is 109 Å². The SMILES string of the molecule is CC1(C)CN(CCc2ccncc2)CC(CN)O1. The van der Waals surface area contributed by atoms with E-state index in [1.54, 1.807) is 0 Å². The van der Waals surface area contributed by atoms with E-state index in [0.717, 1.165) is 26.1 Å². The van der Waals surface area contributed by atoms with Crippen LogP contribution in [0.1, 0.15) is 19.4 Å². The highest BCUT2D eigenvalue weighted by atomic mass is 16.5. The molecule has 2 N–H and O–H groups in total. The van der Waals surface area contributed by atoms with E-state index >= 15 is 0 Å². The van der Waals surface area contributed by atoms with Crippen LogP contribution in [-0.2, 0) is 11.2 Å². The highest BCUT2D eigenvalue weighted by Crippen LogP contribution is 2.20. The lowest BCUT2D eigenvalue weighted by atomic mass is 10.0. The summed E-state index contributed by atoms with van der Waals surface area (Å²) in [7, 11) is 0. The summed E-state index contributed by atoms with van der Waals surface area (Å²) in [4.78, 5) is 6.48. The lowest BCUT2D eigenvalue weighted by molar-refractivity contribution is -0.131. The zero-order valence-electron chi connectivity index (χ0n) is 11.3. The normalized spacial score (nSPS) is 24.1. The molecule has 1 aromatic heterocycles. The maximum atomic E-state index is 5.93. The van der Waals surface area contributed by atoms with Crippen LogP contribution in [0, 0.1) is 0 Å². The zero-order chi connectivity index (χ0) is 13.0. The largest absolute Gasteiger partial charge is 0.368 e. The number of hydrogen-bond acceptors (Lipinski definition) is 4. The van der Waals surface area contributed by atoms with Crippen LogP contribution >= 0.6 is 0 Å². The van der Waals surface area contributed by atoms with Gasteiger partial charge in [0.05, 0.1) is 11.7 Å². The summed E-state index contributed by atoms with van der Waals surface area (Å²) in [6, 6.07) is 4.15. The number of rotatable bonds is 4. The fraction of sp³-hybridized carbons (Fsp3) is 0.643. The van der Waals surface area contributed by atoms with Crippen LogP contribution < -0.4 is 5.73 Å². The van der Waals surface area contributed by atoms with E-state index in [2.05, 4.69) is 35.9 Å². The molecule has 4 nitrogen and oxygen atoms in total. The second-order valence-corrected chi connectivity index (χ2v) is 5.58. The molecule has 0 aromatic carbocycles. The molecular weight excluding hydrogens is 226 g/mol. The Morgan fingerprint density at radius 2 is 2.17 bits per heavy atom. The molecule has 0 radical (unpaired) electrons. The van der Waals surface area contributed by atoms with Crippen molar-refractivity contribution < 1.29 is 4.74 Å². The predicted octanol–water partition coefficient (Wildman–Crippen LogP) is 1.06. The van der Waals surface area contributed by atoms with E-state index in [4.69, 9.17) is 10.5 Å². The zero-order valence-corrected chi connectivity index (χ0v) is 11.3. The lowest BCUT2D eigenvalue weighted by Gasteiger charge is -2.42. The topological polar surface area (TPSA) is 51.4 Å². The number of ether oxygens (including phenoxy) is 1. The van der Waals surface area contributed by atoms with Crippen LogP contribution in [0.25, 0.3) is 0 Å². The van der Waals surface area contributed by atoms with Crippen molar-refractivity contribution in [2.45, 2.75) is 32.0 Å².